The molecule has 1 atom stereocenters. The van der Waals surface area contributed by atoms with Gasteiger partial charge in [-0.1, -0.05) is 30.3 Å². The fraction of sp³-hybridized carbons (Fsp3) is 0.462. The van der Waals surface area contributed by atoms with Crippen molar-refractivity contribution in [2.45, 2.75) is 32.3 Å². The van der Waals surface area contributed by atoms with E-state index in [1.54, 1.807) is 13.8 Å². The highest BCUT2D eigenvalue weighted by Crippen LogP contribution is 2.14. The fourth-order valence-electron chi connectivity index (χ4n) is 1.35. The maximum absolute atomic E-state index is 11.8. The molecule has 1 aromatic rings. The molecule has 0 bridgehead atoms. The lowest BCUT2D eigenvalue weighted by Gasteiger charge is -2.19. The van der Waals surface area contributed by atoms with Crippen molar-refractivity contribution >= 4 is 5.91 Å². The van der Waals surface area contributed by atoms with Crippen LogP contribution in [-0.2, 0) is 4.79 Å². The summed E-state index contributed by atoms with van der Waals surface area (Å²) >= 11 is 0. The topological polar surface area (TPSA) is 49.3 Å². The third-order valence-corrected chi connectivity index (χ3v) is 2.39. The van der Waals surface area contributed by atoms with Gasteiger partial charge in [-0.2, -0.15) is 0 Å². The molecule has 0 aliphatic carbocycles. The zero-order chi connectivity index (χ0) is 12.2. The molecule has 3 heteroatoms. The van der Waals surface area contributed by atoms with Gasteiger partial charge in [0.05, 0.1) is 11.5 Å². The van der Waals surface area contributed by atoms with Crippen molar-refractivity contribution in [3.05, 3.63) is 35.9 Å². The monoisotopic (exact) mass is 221 g/mol. The number of rotatable bonds is 4. The van der Waals surface area contributed by atoms with E-state index in [4.69, 9.17) is 0 Å². The standard InChI is InChI=1S/C13H19NO2/c1-10(11-7-5-4-6-8-11)12(15)14-9-13(2,3)16/h4-8,10,16H,9H2,1-3H3,(H,14,15). The first-order valence-corrected chi connectivity index (χ1v) is 5.45. The third-order valence-electron chi connectivity index (χ3n) is 2.39. The maximum atomic E-state index is 11.8. The number of carbonyl (C=O) groups is 1. The van der Waals surface area contributed by atoms with E-state index in [2.05, 4.69) is 5.32 Å². The van der Waals surface area contributed by atoms with Crippen LogP contribution in [0.2, 0.25) is 0 Å². The van der Waals surface area contributed by atoms with Crippen LogP contribution in [0.15, 0.2) is 30.3 Å². The molecule has 0 heterocycles. The highest BCUT2D eigenvalue weighted by atomic mass is 16.3. The van der Waals surface area contributed by atoms with Gasteiger partial charge in [-0.15, -0.1) is 0 Å². The predicted molar refractivity (Wildman–Crippen MR) is 64.2 cm³/mol. The van der Waals surface area contributed by atoms with Crippen LogP contribution in [0.25, 0.3) is 0 Å². The Balaban J connectivity index is 2.55. The van der Waals surface area contributed by atoms with E-state index in [0.29, 0.717) is 0 Å². The van der Waals surface area contributed by atoms with E-state index >= 15 is 0 Å². The van der Waals surface area contributed by atoms with Gasteiger partial charge in [-0.3, -0.25) is 4.79 Å². The summed E-state index contributed by atoms with van der Waals surface area (Å²) in [6.45, 7) is 5.46. The third kappa shape index (κ3) is 4.03. The van der Waals surface area contributed by atoms with Gasteiger partial charge >= 0.3 is 0 Å². The number of hydrogen-bond donors (Lipinski definition) is 2. The molecule has 16 heavy (non-hydrogen) atoms. The number of aliphatic hydroxyl groups is 1. The molecule has 0 aliphatic heterocycles. The second kappa shape index (κ2) is 5.12. The van der Waals surface area contributed by atoms with Crippen LogP contribution in [0.1, 0.15) is 32.3 Å². The molecule has 88 valence electrons. The summed E-state index contributed by atoms with van der Waals surface area (Å²) in [6.07, 6.45) is 0. The van der Waals surface area contributed by atoms with E-state index in [-0.39, 0.29) is 18.4 Å². The van der Waals surface area contributed by atoms with Crippen LogP contribution in [0, 0.1) is 0 Å². The lowest BCUT2D eigenvalue weighted by atomic mass is 10.00. The summed E-state index contributed by atoms with van der Waals surface area (Å²) in [7, 11) is 0. The largest absolute Gasteiger partial charge is 0.389 e. The molecule has 0 radical (unpaired) electrons. The molecule has 3 nitrogen and oxygen atoms in total. The Morgan fingerprint density at radius 3 is 2.44 bits per heavy atom. The number of carbonyl (C=O) groups excluding carboxylic acids is 1. The lowest BCUT2D eigenvalue weighted by Crippen LogP contribution is -2.39. The molecule has 0 spiro atoms. The van der Waals surface area contributed by atoms with Gasteiger partial charge in [-0.25, -0.2) is 0 Å². The fourth-order valence-corrected chi connectivity index (χ4v) is 1.35. The molecule has 1 unspecified atom stereocenters. The highest BCUT2D eigenvalue weighted by Gasteiger charge is 2.18. The normalized spacial score (nSPS) is 13.2. The molecule has 0 aromatic heterocycles. The quantitative estimate of drug-likeness (QED) is 0.812. The van der Waals surface area contributed by atoms with Crippen LogP contribution in [-0.4, -0.2) is 23.2 Å². The van der Waals surface area contributed by atoms with Gasteiger partial charge < -0.3 is 10.4 Å². The SMILES string of the molecule is CC(C(=O)NCC(C)(C)O)c1ccccc1. The van der Waals surface area contributed by atoms with Gasteiger partial charge in [0.25, 0.3) is 0 Å². The minimum atomic E-state index is -0.869. The molecule has 0 fully saturated rings. The Kier molecular flexibility index (Phi) is 4.07. The van der Waals surface area contributed by atoms with Gasteiger partial charge in [0.1, 0.15) is 0 Å². The second-order valence-electron chi connectivity index (χ2n) is 4.66. The second-order valence-corrected chi connectivity index (χ2v) is 4.66. The van der Waals surface area contributed by atoms with Gasteiger partial charge in [0.15, 0.2) is 0 Å². The molecular weight excluding hydrogens is 202 g/mol. The predicted octanol–water partition coefficient (Wildman–Crippen LogP) is 1.68. The minimum absolute atomic E-state index is 0.0617. The zero-order valence-electron chi connectivity index (χ0n) is 10.0. The maximum Gasteiger partial charge on any atom is 0.227 e. The van der Waals surface area contributed by atoms with Crippen molar-refractivity contribution in [1.82, 2.24) is 5.32 Å². The summed E-state index contributed by atoms with van der Waals surface area (Å²) in [5.74, 6) is -0.253. The molecule has 1 amide bonds. The smallest absolute Gasteiger partial charge is 0.227 e. The molecule has 1 aromatic carbocycles. The van der Waals surface area contributed by atoms with Crippen molar-refractivity contribution in [2.24, 2.45) is 0 Å². The molecular formula is C13H19NO2. The van der Waals surface area contributed by atoms with E-state index in [1.807, 2.05) is 37.3 Å². The highest BCUT2D eigenvalue weighted by molar-refractivity contribution is 5.83. The summed E-state index contributed by atoms with van der Waals surface area (Å²) in [6, 6.07) is 9.60. The summed E-state index contributed by atoms with van der Waals surface area (Å²) in [4.78, 5) is 11.8. The van der Waals surface area contributed by atoms with Gasteiger partial charge in [0, 0.05) is 6.54 Å². The number of hydrogen-bond acceptors (Lipinski definition) is 2. The molecule has 0 aliphatic rings. The van der Waals surface area contributed by atoms with Crippen LogP contribution < -0.4 is 5.32 Å². The number of nitrogens with one attached hydrogen (secondary N) is 1. The van der Waals surface area contributed by atoms with Crippen LogP contribution >= 0.6 is 0 Å². The Bertz CT molecular complexity index is 341. The number of benzene rings is 1. The number of amides is 1. The van der Waals surface area contributed by atoms with Crippen LogP contribution in [0.5, 0.6) is 0 Å². The lowest BCUT2D eigenvalue weighted by molar-refractivity contribution is -0.123. The Morgan fingerprint density at radius 1 is 1.38 bits per heavy atom. The van der Waals surface area contributed by atoms with Gasteiger partial charge in [0.2, 0.25) is 5.91 Å². The average molecular weight is 221 g/mol. The first-order chi connectivity index (χ1) is 7.40. The summed E-state index contributed by atoms with van der Waals surface area (Å²) in [5.41, 5.74) is 0.113. The first kappa shape index (κ1) is 12.7. The van der Waals surface area contributed by atoms with Gasteiger partial charge in [-0.05, 0) is 26.3 Å². The van der Waals surface area contributed by atoms with Crippen molar-refractivity contribution in [1.29, 1.82) is 0 Å². The zero-order valence-corrected chi connectivity index (χ0v) is 10.0. The van der Waals surface area contributed by atoms with Crippen LogP contribution in [0.3, 0.4) is 0 Å². The minimum Gasteiger partial charge on any atom is -0.389 e. The van der Waals surface area contributed by atoms with E-state index < -0.39 is 5.60 Å². The van der Waals surface area contributed by atoms with Crippen molar-refractivity contribution < 1.29 is 9.90 Å². The van der Waals surface area contributed by atoms with E-state index in [0.717, 1.165) is 5.56 Å². The first-order valence-electron chi connectivity index (χ1n) is 5.45. The molecule has 0 saturated carbocycles. The average Bonchev–Trinajstić information content (AvgIpc) is 2.25. The Labute approximate surface area is 96.5 Å². The molecule has 0 saturated heterocycles. The van der Waals surface area contributed by atoms with Crippen molar-refractivity contribution in [3.8, 4) is 0 Å². The Hall–Kier alpha value is -1.35. The summed E-state index contributed by atoms with van der Waals surface area (Å²) in [5, 5.41) is 12.2. The van der Waals surface area contributed by atoms with E-state index in [9.17, 15) is 9.90 Å². The Morgan fingerprint density at radius 2 is 1.94 bits per heavy atom. The summed E-state index contributed by atoms with van der Waals surface area (Å²) < 4.78 is 0. The van der Waals surface area contributed by atoms with Crippen molar-refractivity contribution in [3.63, 3.8) is 0 Å². The van der Waals surface area contributed by atoms with Crippen molar-refractivity contribution in [2.75, 3.05) is 6.54 Å². The van der Waals surface area contributed by atoms with Crippen LogP contribution in [0.4, 0.5) is 0 Å². The molecule has 1 rings (SSSR count). The van der Waals surface area contributed by atoms with E-state index in [1.165, 1.54) is 0 Å². The molecule has 2 N–H and O–H groups in total.